The third-order valence-corrected chi connectivity index (χ3v) is 6.33. The van der Waals surface area contributed by atoms with Crippen molar-refractivity contribution < 1.29 is 13.2 Å². The number of nitrogens with one attached hydrogen (secondary N) is 2. The molecule has 0 saturated carbocycles. The Bertz CT molecular complexity index is 1230. The highest BCUT2D eigenvalue weighted by molar-refractivity contribution is 7.99. The zero-order chi connectivity index (χ0) is 20.4. The van der Waals surface area contributed by atoms with Gasteiger partial charge < -0.3 is 5.32 Å². The number of nitrogens with zero attached hydrogens (tertiary/aromatic N) is 4. The van der Waals surface area contributed by atoms with Crippen LogP contribution in [0.15, 0.2) is 63.8 Å². The number of anilines is 2. The van der Waals surface area contributed by atoms with Gasteiger partial charge in [0.1, 0.15) is 5.56 Å². The Morgan fingerprint density at radius 1 is 1.10 bits per heavy atom. The predicted octanol–water partition coefficient (Wildman–Crippen LogP) is 1.19. The minimum Gasteiger partial charge on any atom is -0.322 e. The molecular weight excluding hydrogens is 416 g/mol. The molecule has 0 saturated heterocycles. The average molecular weight is 430 g/mol. The molecule has 0 spiro atoms. The van der Waals surface area contributed by atoms with Gasteiger partial charge in [0.25, 0.3) is 21.5 Å². The lowest BCUT2D eigenvalue weighted by Crippen LogP contribution is -2.29. The Balaban J connectivity index is 1.50. The van der Waals surface area contributed by atoms with Crippen LogP contribution >= 0.6 is 11.8 Å². The van der Waals surface area contributed by atoms with Crippen LogP contribution in [0.5, 0.6) is 0 Å². The van der Waals surface area contributed by atoms with Crippen LogP contribution in [-0.4, -0.2) is 39.6 Å². The summed E-state index contributed by atoms with van der Waals surface area (Å²) >= 11 is 1.46. The number of rotatable bonds is 5. The van der Waals surface area contributed by atoms with Crippen molar-refractivity contribution in [3.8, 4) is 0 Å². The first kappa shape index (κ1) is 19.1. The molecule has 3 aromatic rings. The topological polar surface area (TPSA) is 136 Å². The summed E-state index contributed by atoms with van der Waals surface area (Å²) in [7, 11) is -3.88. The third kappa shape index (κ3) is 3.98. The van der Waals surface area contributed by atoms with Crippen molar-refractivity contribution in [3.05, 3.63) is 64.8 Å². The van der Waals surface area contributed by atoms with Crippen LogP contribution in [-0.2, 0) is 16.6 Å². The molecule has 0 unspecified atom stereocenters. The quantitative estimate of drug-likeness (QED) is 0.576. The Morgan fingerprint density at radius 3 is 2.55 bits per heavy atom. The number of fused-ring (bicyclic) bond motifs is 1. The summed E-state index contributed by atoms with van der Waals surface area (Å²) in [6, 6.07) is 7.06. The van der Waals surface area contributed by atoms with Gasteiger partial charge in [0, 0.05) is 36.6 Å². The number of thioether (sulfide) groups is 1. The summed E-state index contributed by atoms with van der Waals surface area (Å²) in [4.78, 5) is 36.6. The molecule has 3 heterocycles. The molecule has 4 rings (SSSR count). The maximum absolute atomic E-state index is 12.4. The molecule has 10 nitrogen and oxygen atoms in total. The first-order valence-corrected chi connectivity index (χ1v) is 10.8. The van der Waals surface area contributed by atoms with E-state index in [4.69, 9.17) is 0 Å². The number of sulfonamides is 1. The summed E-state index contributed by atoms with van der Waals surface area (Å²) in [6.07, 6.45) is 4.08. The second kappa shape index (κ2) is 7.64. The highest BCUT2D eigenvalue weighted by Crippen LogP contribution is 2.21. The van der Waals surface area contributed by atoms with Crippen molar-refractivity contribution in [1.82, 2.24) is 19.5 Å². The lowest BCUT2D eigenvalue weighted by atomic mass is 10.2. The summed E-state index contributed by atoms with van der Waals surface area (Å²) in [5.74, 6) is 0.0828. The molecule has 2 aromatic heterocycles. The molecule has 12 heteroatoms. The van der Waals surface area contributed by atoms with Crippen molar-refractivity contribution in [2.45, 2.75) is 16.6 Å². The average Bonchev–Trinajstić information content (AvgIpc) is 3.19. The Labute approximate surface area is 169 Å². The summed E-state index contributed by atoms with van der Waals surface area (Å²) in [5, 5.41) is 3.17. The molecular formula is C17H14N6O4S2. The van der Waals surface area contributed by atoms with Crippen molar-refractivity contribution in [1.29, 1.82) is 0 Å². The van der Waals surface area contributed by atoms with Gasteiger partial charge in [0.05, 0.1) is 4.90 Å². The molecule has 148 valence electrons. The second-order valence-corrected chi connectivity index (χ2v) is 8.66. The van der Waals surface area contributed by atoms with Gasteiger partial charge in [-0.2, -0.15) is 0 Å². The fraction of sp³-hybridized carbons (Fsp3) is 0.118. The van der Waals surface area contributed by atoms with Gasteiger partial charge in [-0.15, -0.1) is 0 Å². The van der Waals surface area contributed by atoms with E-state index >= 15 is 0 Å². The largest absolute Gasteiger partial charge is 0.322 e. The number of hydrogen-bond donors (Lipinski definition) is 2. The van der Waals surface area contributed by atoms with E-state index in [1.165, 1.54) is 59.2 Å². The summed E-state index contributed by atoms with van der Waals surface area (Å²) in [6.45, 7) is 0.512. The molecule has 0 fully saturated rings. The maximum atomic E-state index is 12.4. The number of amides is 1. The molecule has 0 bridgehead atoms. The molecule has 1 aliphatic heterocycles. The fourth-order valence-corrected chi connectivity index (χ4v) is 4.49. The first-order valence-electron chi connectivity index (χ1n) is 8.38. The van der Waals surface area contributed by atoms with E-state index < -0.39 is 21.5 Å². The highest BCUT2D eigenvalue weighted by Gasteiger charge is 2.20. The Kier molecular flexibility index (Phi) is 5.03. The first-order chi connectivity index (χ1) is 13.9. The minimum atomic E-state index is -3.88. The van der Waals surface area contributed by atoms with E-state index in [1.807, 2.05) is 0 Å². The van der Waals surface area contributed by atoms with Gasteiger partial charge in [0.2, 0.25) is 5.95 Å². The van der Waals surface area contributed by atoms with E-state index in [1.54, 1.807) is 6.07 Å². The van der Waals surface area contributed by atoms with Crippen LogP contribution in [0, 0.1) is 0 Å². The van der Waals surface area contributed by atoms with Crippen LogP contribution in [0.4, 0.5) is 11.6 Å². The molecule has 1 aliphatic rings. The smallest absolute Gasteiger partial charge is 0.267 e. The van der Waals surface area contributed by atoms with Gasteiger partial charge in [-0.3, -0.25) is 14.2 Å². The van der Waals surface area contributed by atoms with E-state index in [0.29, 0.717) is 17.4 Å². The van der Waals surface area contributed by atoms with Gasteiger partial charge in [-0.05, 0) is 30.3 Å². The molecule has 2 N–H and O–H groups in total. The lowest BCUT2D eigenvalue weighted by Gasteiger charge is -2.09. The lowest BCUT2D eigenvalue weighted by molar-refractivity contribution is 0.102. The SMILES string of the molecule is O=C(Nc1ccc(S(=O)(=O)Nc2ncccn2)cc1)c1cnc2n(c1=O)CCS2. The zero-order valence-electron chi connectivity index (χ0n) is 14.8. The minimum absolute atomic E-state index is 0.0285. The molecule has 29 heavy (non-hydrogen) atoms. The normalized spacial score (nSPS) is 13.0. The number of carbonyl (C=O) groups is 1. The standard InChI is InChI=1S/C17H14N6O4S2/c24-14(13-10-20-17-23(15(13)25)8-9-28-17)21-11-2-4-12(5-3-11)29(26,27)22-16-18-6-1-7-19-16/h1-7,10H,8-9H2,(H,21,24)(H,18,19,22). The van der Waals surface area contributed by atoms with Crippen molar-refractivity contribution in [2.24, 2.45) is 0 Å². The fourth-order valence-electron chi connectivity index (χ4n) is 2.62. The van der Waals surface area contributed by atoms with Crippen LogP contribution in [0.1, 0.15) is 10.4 Å². The Hall–Kier alpha value is -3.25. The van der Waals surface area contributed by atoms with E-state index in [0.717, 1.165) is 5.75 Å². The van der Waals surface area contributed by atoms with E-state index in [2.05, 4.69) is 25.0 Å². The van der Waals surface area contributed by atoms with Crippen LogP contribution in [0.2, 0.25) is 0 Å². The second-order valence-electron chi connectivity index (χ2n) is 5.92. The number of hydrogen-bond acceptors (Lipinski definition) is 8. The number of aromatic nitrogens is 4. The van der Waals surface area contributed by atoms with Crippen LogP contribution in [0.25, 0.3) is 0 Å². The molecule has 0 aliphatic carbocycles. The predicted molar refractivity (Wildman–Crippen MR) is 106 cm³/mol. The van der Waals surface area contributed by atoms with Crippen molar-refractivity contribution in [3.63, 3.8) is 0 Å². The van der Waals surface area contributed by atoms with Crippen LogP contribution < -0.4 is 15.6 Å². The molecule has 1 amide bonds. The molecule has 0 atom stereocenters. The van der Waals surface area contributed by atoms with Gasteiger partial charge >= 0.3 is 0 Å². The summed E-state index contributed by atoms with van der Waals surface area (Å²) < 4.78 is 28.5. The van der Waals surface area contributed by atoms with Crippen molar-refractivity contribution in [2.75, 3.05) is 15.8 Å². The maximum Gasteiger partial charge on any atom is 0.267 e. The molecule has 0 radical (unpaired) electrons. The van der Waals surface area contributed by atoms with Gasteiger partial charge in [-0.25, -0.2) is 28.1 Å². The summed E-state index contributed by atoms with van der Waals surface area (Å²) in [5.41, 5.74) is -0.135. The monoisotopic (exact) mass is 430 g/mol. The van der Waals surface area contributed by atoms with E-state index in [-0.39, 0.29) is 16.4 Å². The van der Waals surface area contributed by atoms with Gasteiger partial charge in [0.15, 0.2) is 5.16 Å². The third-order valence-electron chi connectivity index (χ3n) is 4.02. The number of carbonyl (C=O) groups excluding carboxylic acids is 1. The van der Waals surface area contributed by atoms with Gasteiger partial charge in [-0.1, -0.05) is 11.8 Å². The van der Waals surface area contributed by atoms with E-state index in [9.17, 15) is 18.0 Å². The van der Waals surface area contributed by atoms with Crippen molar-refractivity contribution >= 4 is 39.3 Å². The van der Waals surface area contributed by atoms with Crippen LogP contribution in [0.3, 0.4) is 0 Å². The highest BCUT2D eigenvalue weighted by atomic mass is 32.2. The number of benzene rings is 1. The Morgan fingerprint density at radius 2 is 1.83 bits per heavy atom. The molecule has 1 aromatic carbocycles. The zero-order valence-corrected chi connectivity index (χ0v) is 16.4.